The summed E-state index contributed by atoms with van der Waals surface area (Å²) in [4.78, 5) is 12.2. The van der Waals surface area contributed by atoms with E-state index in [0.29, 0.717) is 12.1 Å². The summed E-state index contributed by atoms with van der Waals surface area (Å²) in [5.74, 6) is 0.788. The number of carbonyl (C=O) groups is 1. The van der Waals surface area contributed by atoms with Gasteiger partial charge in [0.25, 0.3) is 0 Å². The Morgan fingerprint density at radius 1 is 1.28 bits per heavy atom. The maximum atomic E-state index is 12.2. The number of para-hydroxylation sites is 1. The summed E-state index contributed by atoms with van der Waals surface area (Å²) in [5, 5.41) is 13.9. The Hall–Kier alpha value is -3.09. The van der Waals surface area contributed by atoms with Gasteiger partial charge < -0.3 is 15.2 Å². The molecule has 3 aromatic rings. The summed E-state index contributed by atoms with van der Waals surface area (Å²) >= 11 is 0. The molecule has 7 nitrogen and oxygen atoms in total. The zero-order chi connectivity index (χ0) is 17.8. The number of hydrogen-bond donors (Lipinski definition) is 2. The second-order valence-electron chi connectivity index (χ2n) is 6.02. The van der Waals surface area contributed by atoms with E-state index in [1.165, 1.54) is 0 Å². The van der Waals surface area contributed by atoms with Gasteiger partial charge in [-0.15, -0.1) is 0 Å². The first-order valence-corrected chi connectivity index (χ1v) is 8.12. The van der Waals surface area contributed by atoms with E-state index in [9.17, 15) is 4.79 Å². The first-order valence-electron chi connectivity index (χ1n) is 8.12. The average molecular weight is 339 g/mol. The summed E-state index contributed by atoms with van der Waals surface area (Å²) in [6.45, 7) is 5.72. The number of carbonyl (C=O) groups excluding carboxylic acids is 1. The predicted molar refractivity (Wildman–Crippen MR) is 94.9 cm³/mol. The minimum atomic E-state index is -0.271. The van der Waals surface area contributed by atoms with Gasteiger partial charge >= 0.3 is 6.03 Å². The first-order chi connectivity index (χ1) is 12.0. The number of anilines is 1. The van der Waals surface area contributed by atoms with Crippen LogP contribution < -0.4 is 10.6 Å². The van der Waals surface area contributed by atoms with E-state index in [1.54, 1.807) is 17.1 Å². The Bertz CT molecular complexity index is 834. The number of benzene rings is 1. The summed E-state index contributed by atoms with van der Waals surface area (Å²) in [7, 11) is 0. The Kier molecular flexibility index (Phi) is 4.83. The summed E-state index contributed by atoms with van der Waals surface area (Å²) in [6.07, 6.45) is 4.05. The van der Waals surface area contributed by atoms with Gasteiger partial charge in [-0.25, -0.2) is 9.48 Å². The van der Waals surface area contributed by atoms with Crippen molar-refractivity contribution in [1.29, 1.82) is 0 Å². The fourth-order valence-corrected chi connectivity index (χ4v) is 2.65. The molecule has 0 aliphatic rings. The second-order valence-corrected chi connectivity index (χ2v) is 6.02. The quantitative estimate of drug-likeness (QED) is 0.747. The molecule has 0 bridgehead atoms. The second kappa shape index (κ2) is 7.21. The minimum Gasteiger partial charge on any atom is -0.361 e. The van der Waals surface area contributed by atoms with Gasteiger partial charge in [-0.05, 0) is 39.3 Å². The van der Waals surface area contributed by atoms with E-state index in [0.717, 1.165) is 22.7 Å². The summed E-state index contributed by atoms with van der Waals surface area (Å²) in [6, 6.07) is 9.39. The van der Waals surface area contributed by atoms with E-state index in [4.69, 9.17) is 4.52 Å². The fourth-order valence-electron chi connectivity index (χ4n) is 2.65. The van der Waals surface area contributed by atoms with Gasteiger partial charge in [0.15, 0.2) is 0 Å². The lowest BCUT2D eigenvalue weighted by Gasteiger charge is -2.13. The minimum absolute atomic E-state index is 0.0547. The van der Waals surface area contributed by atoms with Gasteiger partial charge in [0.1, 0.15) is 5.76 Å². The van der Waals surface area contributed by atoms with Crippen molar-refractivity contribution >= 4 is 11.7 Å². The van der Waals surface area contributed by atoms with Crippen LogP contribution in [0.15, 0.2) is 47.2 Å². The molecule has 0 fully saturated rings. The van der Waals surface area contributed by atoms with Crippen molar-refractivity contribution < 1.29 is 9.32 Å². The SMILES string of the molecule is Cc1noc(C)c1C[C@H](C)NC(=O)Nc1cnn(-c2ccccc2)c1. The maximum Gasteiger partial charge on any atom is 0.319 e. The summed E-state index contributed by atoms with van der Waals surface area (Å²) in [5.41, 5.74) is 3.45. The zero-order valence-electron chi connectivity index (χ0n) is 14.5. The normalized spacial score (nSPS) is 12.0. The van der Waals surface area contributed by atoms with Gasteiger partial charge in [0.2, 0.25) is 0 Å². The van der Waals surface area contributed by atoms with Crippen LogP contribution in [0.3, 0.4) is 0 Å². The molecule has 2 heterocycles. The Balaban J connectivity index is 1.57. The van der Waals surface area contributed by atoms with Crippen LogP contribution in [0, 0.1) is 13.8 Å². The van der Waals surface area contributed by atoms with Gasteiger partial charge in [0.05, 0.1) is 29.5 Å². The molecular formula is C18H21N5O2. The molecule has 0 radical (unpaired) electrons. The Morgan fingerprint density at radius 2 is 2.04 bits per heavy atom. The number of hydrogen-bond acceptors (Lipinski definition) is 4. The molecule has 1 atom stereocenters. The number of nitrogens with one attached hydrogen (secondary N) is 2. The number of aromatic nitrogens is 3. The largest absolute Gasteiger partial charge is 0.361 e. The van der Waals surface area contributed by atoms with E-state index in [1.807, 2.05) is 51.1 Å². The molecule has 7 heteroatoms. The van der Waals surface area contributed by atoms with Crippen molar-refractivity contribution in [2.75, 3.05) is 5.32 Å². The Labute approximate surface area is 146 Å². The third-order valence-corrected chi connectivity index (χ3v) is 3.93. The molecular weight excluding hydrogens is 318 g/mol. The molecule has 0 saturated carbocycles. The topological polar surface area (TPSA) is 85.0 Å². The van der Waals surface area contributed by atoms with Gasteiger partial charge in [-0.3, -0.25) is 0 Å². The smallest absolute Gasteiger partial charge is 0.319 e. The predicted octanol–water partition coefficient (Wildman–Crippen LogP) is 3.23. The van der Waals surface area contributed by atoms with Crippen LogP contribution in [0.4, 0.5) is 10.5 Å². The van der Waals surface area contributed by atoms with E-state index in [-0.39, 0.29) is 12.1 Å². The highest BCUT2D eigenvalue weighted by molar-refractivity contribution is 5.89. The maximum absolute atomic E-state index is 12.2. The molecule has 130 valence electrons. The molecule has 1 aromatic carbocycles. The van der Waals surface area contributed by atoms with Crippen LogP contribution in [-0.4, -0.2) is 27.0 Å². The molecule has 0 unspecified atom stereocenters. The first kappa shape index (κ1) is 16.8. The van der Waals surface area contributed by atoms with Crippen LogP contribution in [0.2, 0.25) is 0 Å². The molecule has 25 heavy (non-hydrogen) atoms. The molecule has 2 aromatic heterocycles. The fraction of sp³-hybridized carbons (Fsp3) is 0.278. The molecule has 0 aliphatic heterocycles. The third-order valence-electron chi connectivity index (χ3n) is 3.93. The molecule has 0 aliphatic carbocycles. The molecule has 2 N–H and O–H groups in total. The number of urea groups is 1. The number of nitrogens with zero attached hydrogens (tertiary/aromatic N) is 3. The number of aryl methyl sites for hydroxylation is 2. The molecule has 2 amide bonds. The lowest BCUT2D eigenvalue weighted by atomic mass is 10.1. The van der Waals surface area contributed by atoms with Crippen molar-refractivity contribution in [2.45, 2.75) is 33.2 Å². The van der Waals surface area contributed by atoms with Crippen LogP contribution >= 0.6 is 0 Å². The number of amides is 2. The van der Waals surface area contributed by atoms with Gasteiger partial charge in [-0.2, -0.15) is 5.10 Å². The third kappa shape index (κ3) is 4.06. The van der Waals surface area contributed by atoms with Crippen LogP contribution in [0.5, 0.6) is 0 Å². The summed E-state index contributed by atoms with van der Waals surface area (Å²) < 4.78 is 6.86. The zero-order valence-corrected chi connectivity index (χ0v) is 14.5. The standard InChI is InChI=1S/C18H21N5O2/c1-12(9-17-13(2)22-25-14(17)3)20-18(24)21-15-10-19-23(11-15)16-7-5-4-6-8-16/h4-8,10-12H,9H2,1-3H3,(H2,20,21,24)/t12-/m0/s1. The van der Waals surface area contributed by atoms with Crippen molar-refractivity contribution in [3.63, 3.8) is 0 Å². The van der Waals surface area contributed by atoms with E-state index in [2.05, 4.69) is 20.9 Å². The monoisotopic (exact) mass is 339 g/mol. The van der Waals surface area contributed by atoms with Crippen LogP contribution in [-0.2, 0) is 6.42 Å². The van der Waals surface area contributed by atoms with E-state index >= 15 is 0 Å². The molecule has 0 saturated heterocycles. The van der Waals surface area contributed by atoms with Crippen molar-refractivity contribution in [2.24, 2.45) is 0 Å². The van der Waals surface area contributed by atoms with Crippen LogP contribution in [0.25, 0.3) is 5.69 Å². The Morgan fingerprint density at radius 3 is 2.72 bits per heavy atom. The van der Waals surface area contributed by atoms with Crippen molar-refractivity contribution in [3.05, 3.63) is 59.7 Å². The lowest BCUT2D eigenvalue weighted by Crippen LogP contribution is -2.37. The van der Waals surface area contributed by atoms with E-state index < -0.39 is 0 Å². The van der Waals surface area contributed by atoms with Crippen molar-refractivity contribution in [3.8, 4) is 5.69 Å². The highest BCUT2D eigenvalue weighted by Crippen LogP contribution is 2.15. The molecule has 0 spiro atoms. The number of rotatable bonds is 5. The van der Waals surface area contributed by atoms with Crippen molar-refractivity contribution in [1.82, 2.24) is 20.3 Å². The van der Waals surface area contributed by atoms with Gasteiger partial charge in [0, 0.05) is 11.6 Å². The lowest BCUT2D eigenvalue weighted by molar-refractivity contribution is 0.249. The van der Waals surface area contributed by atoms with Gasteiger partial charge in [-0.1, -0.05) is 23.4 Å². The average Bonchev–Trinajstić information content (AvgIpc) is 3.17. The highest BCUT2D eigenvalue weighted by Gasteiger charge is 2.15. The van der Waals surface area contributed by atoms with Crippen LogP contribution in [0.1, 0.15) is 23.9 Å². The highest BCUT2D eigenvalue weighted by atomic mass is 16.5. The molecule has 3 rings (SSSR count).